The van der Waals surface area contributed by atoms with E-state index in [4.69, 9.17) is 23.8 Å². The first kappa shape index (κ1) is 23.1. The van der Waals surface area contributed by atoms with Gasteiger partial charge in [0.25, 0.3) is 0 Å². The van der Waals surface area contributed by atoms with Crippen LogP contribution in [0.4, 0.5) is 11.4 Å². The Morgan fingerprint density at radius 1 is 1.15 bits per heavy atom. The lowest BCUT2D eigenvalue weighted by Gasteiger charge is -2.37. The minimum atomic E-state index is -0.0495. The Balaban J connectivity index is 1.51. The Hall–Kier alpha value is -1.67. The van der Waals surface area contributed by atoms with Gasteiger partial charge >= 0.3 is 0 Å². The average molecular weight is 562 g/mol. The van der Waals surface area contributed by atoms with Crippen LogP contribution in [-0.2, 0) is 0 Å². The smallest absolute Gasteiger partial charge is 0.174 e. The Labute approximate surface area is 218 Å². The van der Waals surface area contributed by atoms with Crippen LogP contribution in [0.5, 0.6) is 0 Å². The lowest BCUT2D eigenvalue weighted by molar-refractivity contribution is 0.357. The van der Waals surface area contributed by atoms with Gasteiger partial charge in [-0.15, -0.1) is 11.3 Å². The number of anilines is 2. The van der Waals surface area contributed by atoms with Crippen molar-refractivity contribution in [2.75, 3.05) is 22.9 Å². The van der Waals surface area contributed by atoms with Crippen molar-refractivity contribution in [3.63, 3.8) is 0 Å². The Morgan fingerprint density at radius 3 is 2.58 bits per heavy atom. The van der Waals surface area contributed by atoms with Crippen LogP contribution in [0.2, 0.25) is 5.02 Å². The summed E-state index contributed by atoms with van der Waals surface area (Å²) in [5.41, 5.74) is 3.07. The van der Waals surface area contributed by atoms with Crippen molar-refractivity contribution in [1.82, 2.24) is 10.3 Å². The van der Waals surface area contributed by atoms with Gasteiger partial charge in [-0.1, -0.05) is 31.5 Å². The molecule has 0 unspecified atom stereocenters. The van der Waals surface area contributed by atoms with E-state index in [1.54, 1.807) is 11.3 Å². The zero-order valence-corrected chi connectivity index (χ0v) is 22.5. The molecule has 0 spiro atoms. The van der Waals surface area contributed by atoms with Crippen LogP contribution in [0.1, 0.15) is 42.9 Å². The van der Waals surface area contributed by atoms with Gasteiger partial charge in [0.15, 0.2) is 5.11 Å². The average Bonchev–Trinajstić information content (AvgIpc) is 3.36. The Kier molecular flexibility index (Phi) is 6.67. The third-order valence-corrected chi connectivity index (χ3v) is 8.78. The molecule has 5 rings (SSSR count). The van der Waals surface area contributed by atoms with Gasteiger partial charge in [-0.3, -0.25) is 4.98 Å². The monoisotopic (exact) mass is 560 g/mol. The number of nitrogens with zero attached hydrogens (tertiary/aromatic N) is 3. The number of thiophene rings is 1. The predicted molar refractivity (Wildman–Crippen MR) is 147 cm³/mol. The summed E-state index contributed by atoms with van der Waals surface area (Å²) in [6.07, 6.45) is 3.10. The first-order valence-corrected chi connectivity index (χ1v) is 13.7. The highest BCUT2D eigenvalue weighted by molar-refractivity contribution is 9.10. The van der Waals surface area contributed by atoms with Crippen molar-refractivity contribution in [3.05, 3.63) is 74.1 Å². The van der Waals surface area contributed by atoms with Crippen LogP contribution in [-0.4, -0.2) is 23.2 Å². The van der Waals surface area contributed by atoms with Crippen LogP contribution >= 0.6 is 51.1 Å². The molecule has 172 valence electrons. The second-order valence-electron chi connectivity index (χ2n) is 9.15. The molecule has 0 radical (unpaired) electrons. The van der Waals surface area contributed by atoms with Crippen molar-refractivity contribution < 1.29 is 0 Å². The maximum Gasteiger partial charge on any atom is 0.174 e. The zero-order chi connectivity index (χ0) is 23.1. The van der Waals surface area contributed by atoms with Gasteiger partial charge < -0.3 is 15.1 Å². The molecule has 4 nitrogen and oxygen atoms in total. The molecule has 2 aliphatic heterocycles. The third kappa shape index (κ3) is 4.65. The fourth-order valence-corrected chi connectivity index (χ4v) is 7.38. The molecule has 4 atom stereocenters. The van der Waals surface area contributed by atoms with E-state index in [1.165, 1.54) is 11.3 Å². The van der Waals surface area contributed by atoms with Crippen LogP contribution in [0.3, 0.4) is 0 Å². The molecule has 0 amide bonds. The van der Waals surface area contributed by atoms with Gasteiger partial charge in [-0.25, -0.2) is 0 Å². The number of nitrogens with one attached hydrogen (secondary N) is 1. The van der Waals surface area contributed by atoms with E-state index in [1.807, 2.05) is 24.4 Å². The third-order valence-electron chi connectivity index (χ3n) is 6.40. The van der Waals surface area contributed by atoms with E-state index in [-0.39, 0.29) is 12.1 Å². The first-order chi connectivity index (χ1) is 15.9. The van der Waals surface area contributed by atoms with Gasteiger partial charge in [-0.05, 0) is 82.8 Å². The molecule has 1 N–H and O–H groups in total. The molecule has 8 heteroatoms. The van der Waals surface area contributed by atoms with Crippen molar-refractivity contribution in [1.29, 1.82) is 0 Å². The van der Waals surface area contributed by atoms with Crippen molar-refractivity contribution in [2.24, 2.45) is 11.8 Å². The van der Waals surface area contributed by atoms with Crippen molar-refractivity contribution in [3.8, 4) is 0 Å². The lowest BCUT2D eigenvalue weighted by Crippen LogP contribution is -2.38. The molecule has 0 bridgehead atoms. The molecular weight excluding hydrogens is 536 g/mol. The van der Waals surface area contributed by atoms with Gasteiger partial charge in [0.2, 0.25) is 0 Å². The summed E-state index contributed by atoms with van der Waals surface area (Å²) in [4.78, 5) is 10.4. The fraction of sp³-hybridized carbons (Fsp3) is 0.360. The molecular formula is C25H26BrClN4S2. The summed E-state index contributed by atoms with van der Waals surface area (Å²) in [7, 11) is 0. The zero-order valence-electron chi connectivity index (χ0n) is 18.5. The maximum absolute atomic E-state index is 6.89. The normalized spacial score (nSPS) is 25.4. The van der Waals surface area contributed by atoms with Crippen LogP contribution < -0.4 is 15.1 Å². The highest BCUT2D eigenvalue weighted by Gasteiger charge is 2.41. The number of rotatable bonds is 4. The number of benzene rings is 1. The topological polar surface area (TPSA) is 31.4 Å². The van der Waals surface area contributed by atoms with Crippen molar-refractivity contribution >= 4 is 67.6 Å². The summed E-state index contributed by atoms with van der Waals surface area (Å²) in [5, 5.41) is 7.08. The number of hydrogen-bond donors (Lipinski definition) is 1. The molecule has 2 saturated heterocycles. The highest BCUT2D eigenvalue weighted by Crippen LogP contribution is 2.45. The van der Waals surface area contributed by atoms with E-state index in [0.717, 1.165) is 39.7 Å². The maximum atomic E-state index is 6.89. The summed E-state index contributed by atoms with van der Waals surface area (Å²) in [6.45, 7) is 6.73. The molecule has 2 aliphatic rings. The molecule has 3 aromatic rings. The van der Waals surface area contributed by atoms with Crippen molar-refractivity contribution in [2.45, 2.75) is 32.4 Å². The van der Waals surface area contributed by atoms with Gasteiger partial charge in [0, 0.05) is 39.7 Å². The largest absolute Gasteiger partial charge is 0.370 e. The summed E-state index contributed by atoms with van der Waals surface area (Å²) in [5.74, 6) is 1.33. The quantitative estimate of drug-likeness (QED) is 0.340. The van der Waals surface area contributed by atoms with E-state index < -0.39 is 0 Å². The standard InChI is InChI=1S/C25H26BrClN4S2/c1-15-9-16(2)13-30(12-15)21-7-6-18(11-19(21)27)31-24(22-10-17(26)14-33-22)23(29-25(31)32)20-5-3-4-8-28-20/h3-8,10-11,14-16,23-24H,9,12-13H2,1-2H3,(H,29,32)/t15-,16+,23-,24-/m0/s1. The number of piperidine rings is 1. The number of hydrogen-bond acceptors (Lipinski definition) is 4. The minimum absolute atomic E-state index is 0.0133. The molecule has 0 aliphatic carbocycles. The molecule has 1 aromatic carbocycles. The number of halogens is 2. The van der Waals surface area contributed by atoms with E-state index >= 15 is 0 Å². The second-order valence-corrected chi connectivity index (χ2v) is 11.8. The van der Waals surface area contributed by atoms with E-state index in [9.17, 15) is 0 Å². The number of aromatic nitrogens is 1. The van der Waals surface area contributed by atoms with E-state index in [0.29, 0.717) is 16.9 Å². The molecule has 2 aromatic heterocycles. The second kappa shape index (κ2) is 9.53. The van der Waals surface area contributed by atoms with Gasteiger partial charge in [0.05, 0.1) is 28.5 Å². The van der Waals surface area contributed by atoms with Crippen LogP contribution in [0, 0.1) is 11.8 Å². The lowest BCUT2D eigenvalue weighted by atomic mass is 9.91. The summed E-state index contributed by atoms with van der Waals surface area (Å²) >= 11 is 18.1. The van der Waals surface area contributed by atoms with Crippen LogP contribution in [0.15, 0.2) is 58.5 Å². The number of thiocarbonyl (C=S) groups is 1. The molecule has 4 heterocycles. The minimum Gasteiger partial charge on any atom is -0.370 e. The molecule has 2 fully saturated rings. The predicted octanol–water partition coefficient (Wildman–Crippen LogP) is 7.22. The SMILES string of the molecule is C[C@@H]1C[C@H](C)CN(c2ccc(N3C(=S)N[C@@H](c4ccccn4)[C@@H]3c3cc(Br)cs3)cc2Cl)C1. The molecule has 33 heavy (non-hydrogen) atoms. The highest BCUT2D eigenvalue weighted by atomic mass is 79.9. The van der Waals surface area contributed by atoms with Gasteiger partial charge in [0.1, 0.15) is 0 Å². The van der Waals surface area contributed by atoms with E-state index in [2.05, 4.69) is 79.5 Å². The number of pyridine rings is 1. The Morgan fingerprint density at radius 2 is 1.94 bits per heavy atom. The summed E-state index contributed by atoms with van der Waals surface area (Å²) < 4.78 is 1.07. The fourth-order valence-electron chi connectivity index (χ4n) is 5.17. The first-order valence-electron chi connectivity index (χ1n) is 11.2. The Bertz CT molecular complexity index is 1140. The molecule has 0 saturated carbocycles. The summed E-state index contributed by atoms with van der Waals surface area (Å²) in [6, 6.07) is 14.5. The van der Waals surface area contributed by atoms with Crippen LogP contribution in [0.25, 0.3) is 0 Å². The van der Waals surface area contributed by atoms with Gasteiger partial charge in [-0.2, -0.15) is 0 Å².